The summed E-state index contributed by atoms with van der Waals surface area (Å²) in [6, 6.07) is 19.6. The highest BCUT2D eigenvalue weighted by Gasteiger charge is 2.23. The van der Waals surface area contributed by atoms with Crippen molar-refractivity contribution in [3.8, 4) is 0 Å². The van der Waals surface area contributed by atoms with E-state index in [-0.39, 0.29) is 11.5 Å². The Morgan fingerprint density at radius 1 is 1.00 bits per heavy atom. The lowest BCUT2D eigenvalue weighted by atomic mass is 10.0. The highest BCUT2D eigenvalue weighted by Crippen LogP contribution is 2.21. The summed E-state index contributed by atoms with van der Waals surface area (Å²) in [4.78, 5) is 29.5. The lowest BCUT2D eigenvalue weighted by Crippen LogP contribution is -2.37. The van der Waals surface area contributed by atoms with Crippen LogP contribution in [0.1, 0.15) is 27.0 Å². The van der Waals surface area contributed by atoms with Gasteiger partial charge in [0.15, 0.2) is 0 Å². The Labute approximate surface area is 177 Å². The highest BCUT2D eigenvalue weighted by molar-refractivity contribution is 5.95. The second-order valence-corrected chi connectivity index (χ2v) is 8.01. The zero-order valence-corrected chi connectivity index (χ0v) is 17.5. The first kappa shape index (κ1) is 20.0. The first-order chi connectivity index (χ1) is 14.5. The van der Waals surface area contributed by atoms with E-state index in [1.54, 1.807) is 10.6 Å². The van der Waals surface area contributed by atoms with E-state index < -0.39 is 0 Å². The van der Waals surface area contributed by atoms with E-state index in [1.165, 1.54) is 5.56 Å². The zero-order valence-electron chi connectivity index (χ0n) is 17.5. The molecule has 2 aromatic carbocycles. The van der Waals surface area contributed by atoms with Gasteiger partial charge in [-0.3, -0.25) is 9.59 Å². The molecule has 5 heteroatoms. The van der Waals surface area contributed by atoms with Crippen molar-refractivity contribution in [2.24, 2.45) is 0 Å². The number of rotatable bonds is 5. The van der Waals surface area contributed by atoms with Gasteiger partial charge in [0.2, 0.25) is 0 Å². The smallest absolute Gasteiger partial charge is 0.254 e. The molecule has 5 nitrogen and oxygen atoms in total. The first-order valence-corrected chi connectivity index (χ1v) is 10.3. The third-order valence-corrected chi connectivity index (χ3v) is 5.70. The van der Waals surface area contributed by atoms with Gasteiger partial charge in [0.1, 0.15) is 0 Å². The lowest BCUT2D eigenvalue weighted by molar-refractivity contribution is 0.0734. The molecule has 0 aliphatic carbocycles. The Balaban J connectivity index is 1.52. The molecule has 154 valence electrons. The van der Waals surface area contributed by atoms with Gasteiger partial charge in [0.05, 0.1) is 0 Å². The van der Waals surface area contributed by atoms with E-state index in [0.29, 0.717) is 31.6 Å². The number of aromatic nitrogens is 1. The highest BCUT2D eigenvalue weighted by atomic mass is 16.2. The number of aryl methyl sites for hydroxylation is 2. The van der Waals surface area contributed by atoms with Crippen molar-refractivity contribution >= 4 is 11.6 Å². The van der Waals surface area contributed by atoms with Crippen LogP contribution in [0.2, 0.25) is 0 Å². The second-order valence-electron chi connectivity index (χ2n) is 8.01. The second kappa shape index (κ2) is 8.57. The van der Waals surface area contributed by atoms with Gasteiger partial charge in [-0.05, 0) is 47.7 Å². The predicted octanol–water partition coefficient (Wildman–Crippen LogP) is 3.36. The van der Waals surface area contributed by atoms with Crippen LogP contribution in [0.3, 0.4) is 0 Å². The molecule has 0 N–H and O–H groups in total. The molecule has 30 heavy (non-hydrogen) atoms. The van der Waals surface area contributed by atoms with Gasteiger partial charge in [0.25, 0.3) is 11.5 Å². The van der Waals surface area contributed by atoms with Crippen LogP contribution in [0.4, 0.5) is 5.69 Å². The third-order valence-electron chi connectivity index (χ3n) is 5.70. The van der Waals surface area contributed by atoms with Crippen LogP contribution >= 0.6 is 0 Å². The van der Waals surface area contributed by atoms with Crippen molar-refractivity contribution in [3.63, 3.8) is 0 Å². The standard InChI is InChI=1S/C25H27N3O2/c1-26(2)23-10-6-9-21(15-23)25(30)28-14-12-20-16-24(29)27(17-22(20)18-28)13-11-19-7-4-3-5-8-19/h3-10,15-17H,11-14,18H2,1-2H3. The lowest BCUT2D eigenvalue weighted by Gasteiger charge is -2.29. The van der Waals surface area contributed by atoms with Crippen LogP contribution in [0, 0.1) is 0 Å². The molecule has 0 bridgehead atoms. The Bertz CT molecular complexity index is 1100. The molecular formula is C25H27N3O2. The van der Waals surface area contributed by atoms with Crippen molar-refractivity contribution in [2.45, 2.75) is 25.9 Å². The maximum atomic E-state index is 13.1. The predicted molar refractivity (Wildman–Crippen MR) is 120 cm³/mol. The molecule has 0 spiro atoms. The van der Waals surface area contributed by atoms with Crippen LogP contribution in [-0.2, 0) is 25.9 Å². The fourth-order valence-corrected chi connectivity index (χ4v) is 3.92. The molecule has 0 atom stereocenters. The van der Waals surface area contributed by atoms with Crippen LogP contribution < -0.4 is 10.5 Å². The number of pyridine rings is 1. The van der Waals surface area contributed by atoms with Gasteiger partial charge in [-0.15, -0.1) is 0 Å². The maximum Gasteiger partial charge on any atom is 0.254 e. The van der Waals surface area contributed by atoms with Gasteiger partial charge >= 0.3 is 0 Å². The van der Waals surface area contributed by atoms with E-state index in [0.717, 1.165) is 23.2 Å². The quantitative estimate of drug-likeness (QED) is 0.659. The average molecular weight is 402 g/mol. The summed E-state index contributed by atoms with van der Waals surface area (Å²) in [5.41, 5.74) is 5.06. The molecule has 0 fully saturated rings. The Kier molecular flexibility index (Phi) is 5.70. The molecule has 0 saturated carbocycles. The summed E-state index contributed by atoms with van der Waals surface area (Å²) < 4.78 is 1.77. The summed E-state index contributed by atoms with van der Waals surface area (Å²) in [6.45, 7) is 1.80. The summed E-state index contributed by atoms with van der Waals surface area (Å²) in [7, 11) is 3.94. The molecular weight excluding hydrogens is 374 g/mol. The maximum absolute atomic E-state index is 13.1. The fraction of sp³-hybridized carbons (Fsp3) is 0.280. The van der Waals surface area contributed by atoms with Crippen molar-refractivity contribution in [3.05, 3.63) is 99.5 Å². The van der Waals surface area contributed by atoms with E-state index in [1.807, 2.05) is 72.6 Å². The number of carbonyl (C=O) groups is 1. The molecule has 0 radical (unpaired) electrons. The largest absolute Gasteiger partial charge is 0.378 e. The first-order valence-electron chi connectivity index (χ1n) is 10.3. The molecule has 1 aliphatic heterocycles. The SMILES string of the molecule is CN(C)c1cccc(C(=O)N2CCc3cc(=O)n(CCc4ccccc4)cc3C2)c1. The molecule has 1 amide bonds. The number of hydrogen-bond donors (Lipinski definition) is 0. The van der Waals surface area contributed by atoms with E-state index in [2.05, 4.69) is 12.1 Å². The van der Waals surface area contributed by atoms with Gasteiger partial charge < -0.3 is 14.4 Å². The molecule has 0 unspecified atom stereocenters. The van der Waals surface area contributed by atoms with Gasteiger partial charge in [-0.1, -0.05) is 36.4 Å². The summed E-state index contributed by atoms with van der Waals surface area (Å²) in [6.07, 6.45) is 3.46. The molecule has 0 saturated heterocycles. The number of hydrogen-bond acceptors (Lipinski definition) is 3. The number of anilines is 1. The van der Waals surface area contributed by atoms with E-state index >= 15 is 0 Å². The summed E-state index contributed by atoms with van der Waals surface area (Å²) in [5.74, 6) is 0.0337. The van der Waals surface area contributed by atoms with Crippen molar-refractivity contribution in [1.82, 2.24) is 9.47 Å². The van der Waals surface area contributed by atoms with Gasteiger partial charge in [-0.25, -0.2) is 0 Å². The van der Waals surface area contributed by atoms with E-state index in [4.69, 9.17) is 0 Å². The van der Waals surface area contributed by atoms with Crippen molar-refractivity contribution in [1.29, 1.82) is 0 Å². The van der Waals surface area contributed by atoms with Crippen LogP contribution in [-0.4, -0.2) is 36.0 Å². The monoisotopic (exact) mass is 401 g/mol. The van der Waals surface area contributed by atoms with E-state index in [9.17, 15) is 9.59 Å². The number of fused-ring (bicyclic) bond motifs is 1. The van der Waals surface area contributed by atoms with Crippen LogP contribution in [0.15, 0.2) is 71.7 Å². The number of benzene rings is 2. The topological polar surface area (TPSA) is 45.6 Å². The number of amides is 1. The minimum Gasteiger partial charge on any atom is -0.378 e. The van der Waals surface area contributed by atoms with Crippen molar-refractivity contribution < 1.29 is 4.79 Å². The van der Waals surface area contributed by atoms with Crippen LogP contribution in [0.5, 0.6) is 0 Å². The zero-order chi connectivity index (χ0) is 21.1. The molecule has 3 aromatic rings. The van der Waals surface area contributed by atoms with Gasteiger partial charge in [-0.2, -0.15) is 0 Å². The minimum atomic E-state index is 0.0307. The number of carbonyl (C=O) groups excluding carboxylic acids is 1. The minimum absolute atomic E-state index is 0.0307. The Morgan fingerprint density at radius 3 is 2.57 bits per heavy atom. The molecule has 1 aromatic heterocycles. The molecule has 4 rings (SSSR count). The fourth-order valence-electron chi connectivity index (χ4n) is 3.92. The average Bonchev–Trinajstić information content (AvgIpc) is 2.77. The molecule has 1 aliphatic rings. The van der Waals surface area contributed by atoms with Gasteiger partial charge in [0, 0.05) is 57.2 Å². The van der Waals surface area contributed by atoms with Crippen molar-refractivity contribution in [2.75, 3.05) is 25.5 Å². The third kappa shape index (κ3) is 4.30. The number of nitrogens with zero attached hydrogens (tertiary/aromatic N) is 3. The Morgan fingerprint density at radius 2 is 1.80 bits per heavy atom. The summed E-state index contributed by atoms with van der Waals surface area (Å²) in [5, 5.41) is 0. The Hall–Kier alpha value is -3.34. The molecule has 2 heterocycles. The normalized spacial score (nSPS) is 13.1. The van der Waals surface area contributed by atoms with Crippen LogP contribution in [0.25, 0.3) is 0 Å². The summed E-state index contributed by atoms with van der Waals surface area (Å²) >= 11 is 0.